The summed E-state index contributed by atoms with van der Waals surface area (Å²) in [4.78, 5) is 0.263. The Hall–Kier alpha value is -0.630. The second kappa shape index (κ2) is 6.43. The second-order valence-corrected chi connectivity index (χ2v) is 7.49. The van der Waals surface area contributed by atoms with Crippen molar-refractivity contribution in [1.29, 1.82) is 0 Å². The highest BCUT2D eigenvalue weighted by molar-refractivity contribution is 9.10. The molecule has 1 heterocycles. The van der Waals surface area contributed by atoms with Gasteiger partial charge in [-0.05, 0) is 47.5 Å². The van der Waals surface area contributed by atoms with Gasteiger partial charge in [-0.25, -0.2) is 8.42 Å². The van der Waals surface area contributed by atoms with E-state index < -0.39 is 10.0 Å². The summed E-state index contributed by atoms with van der Waals surface area (Å²) >= 11 is 3.32. The van der Waals surface area contributed by atoms with E-state index in [1.54, 1.807) is 25.3 Å². The summed E-state index contributed by atoms with van der Waals surface area (Å²) in [5.74, 6) is 0.608. The Morgan fingerprint density at radius 2 is 2.20 bits per heavy atom. The smallest absolute Gasteiger partial charge is 0.243 e. The fraction of sp³-hybridized carbons (Fsp3) is 0.538. The predicted octanol–water partition coefficient (Wildman–Crippen LogP) is 2.26. The number of halogens is 1. The van der Waals surface area contributed by atoms with Crippen molar-refractivity contribution in [2.45, 2.75) is 24.3 Å². The summed E-state index contributed by atoms with van der Waals surface area (Å²) < 4.78 is 38.0. The highest BCUT2D eigenvalue weighted by atomic mass is 79.9. The van der Waals surface area contributed by atoms with Gasteiger partial charge in [0.1, 0.15) is 5.75 Å². The molecule has 2 rings (SSSR count). The molecule has 1 aromatic carbocycles. The van der Waals surface area contributed by atoms with Crippen LogP contribution in [0.2, 0.25) is 0 Å². The summed E-state index contributed by atoms with van der Waals surface area (Å²) in [5, 5.41) is 0. The molecule has 0 amide bonds. The first-order chi connectivity index (χ1) is 9.45. The van der Waals surface area contributed by atoms with E-state index in [4.69, 9.17) is 9.47 Å². The number of sulfonamides is 1. The third kappa shape index (κ3) is 3.33. The van der Waals surface area contributed by atoms with Gasteiger partial charge in [-0.1, -0.05) is 0 Å². The maximum Gasteiger partial charge on any atom is 0.243 e. The number of rotatable bonds is 3. The Balaban J connectivity index is 2.31. The molecule has 1 aliphatic rings. The SMILES string of the molecule is COc1ccc(S(=O)(=O)N2CCCOC(C)C2)cc1Br. The van der Waals surface area contributed by atoms with Crippen molar-refractivity contribution < 1.29 is 17.9 Å². The molecule has 0 aromatic heterocycles. The third-order valence-electron chi connectivity index (χ3n) is 3.18. The Morgan fingerprint density at radius 3 is 2.85 bits per heavy atom. The van der Waals surface area contributed by atoms with Gasteiger partial charge in [0.15, 0.2) is 0 Å². The van der Waals surface area contributed by atoms with Crippen molar-refractivity contribution in [3.05, 3.63) is 22.7 Å². The van der Waals surface area contributed by atoms with Crippen LogP contribution in [0.1, 0.15) is 13.3 Å². The topological polar surface area (TPSA) is 55.8 Å². The fourth-order valence-corrected chi connectivity index (χ4v) is 4.40. The quantitative estimate of drug-likeness (QED) is 0.826. The van der Waals surface area contributed by atoms with Crippen LogP contribution in [0.15, 0.2) is 27.6 Å². The number of ether oxygens (including phenoxy) is 2. The average Bonchev–Trinajstić information content (AvgIpc) is 2.63. The molecule has 1 atom stereocenters. The van der Waals surface area contributed by atoms with E-state index in [2.05, 4.69) is 15.9 Å². The van der Waals surface area contributed by atoms with Crippen molar-refractivity contribution >= 4 is 26.0 Å². The number of hydrogen-bond donors (Lipinski definition) is 0. The number of hydrogen-bond acceptors (Lipinski definition) is 4. The molecule has 0 aliphatic carbocycles. The standard InChI is InChI=1S/C13H18BrNO4S/c1-10-9-15(6-3-7-19-10)20(16,17)11-4-5-13(18-2)12(14)8-11/h4-5,8,10H,3,6-7,9H2,1-2H3. The summed E-state index contributed by atoms with van der Waals surface area (Å²) in [5.41, 5.74) is 0. The molecule has 0 bridgehead atoms. The lowest BCUT2D eigenvalue weighted by Crippen LogP contribution is -2.35. The van der Waals surface area contributed by atoms with E-state index in [1.807, 2.05) is 6.92 Å². The molecule has 1 unspecified atom stereocenters. The van der Waals surface area contributed by atoms with Crippen molar-refractivity contribution in [3.63, 3.8) is 0 Å². The van der Waals surface area contributed by atoms with Gasteiger partial charge in [-0.15, -0.1) is 0 Å². The Morgan fingerprint density at radius 1 is 1.45 bits per heavy atom. The lowest BCUT2D eigenvalue weighted by Gasteiger charge is -2.22. The molecule has 0 spiro atoms. The highest BCUT2D eigenvalue weighted by Crippen LogP contribution is 2.29. The minimum Gasteiger partial charge on any atom is -0.496 e. The number of nitrogens with zero attached hydrogens (tertiary/aromatic N) is 1. The van der Waals surface area contributed by atoms with Gasteiger partial charge in [-0.3, -0.25) is 0 Å². The van der Waals surface area contributed by atoms with Gasteiger partial charge in [0.05, 0.1) is 22.6 Å². The molecule has 1 aliphatic heterocycles. The number of benzene rings is 1. The van der Waals surface area contributed by atoms with Gasteiger partial charge in [0.25, 0.3) is 0 Å². The Kier molecular flexibility index (Phi) is 5.06. The van der Waals surface area contributed by atoms with E-state index in [0.29, 0.717) is 36.3 Å². The lowest BCUT2D eigenvalue weighted by molar-refractivity contribution is 0.0752. The van der Waals surface area contributed by atoms with Crippen LogP contribution < -0.4 is 4.74 Å². The monoisotopic (exact) mass is 363 g/mol. The largest absolute Gasteiger partial charge is 0.496 e. The van der Waals surface area contributed by atoms with Crippen LogP contribution in [-0.2, 0) is 14.8 Å². The first kappa shape index (κ1) is 15.8. The zero-order chi connectivity index (χ0) is 14.8. The van der Waals surface area contributed by atoms with Gasteiger partial charge < -0.3 is 9.47 Å². The first-order valence-electron chi connectivity index (χ1n) is 6.40. The maximum atomic E-state index is 12.6. The van der Waals surface area contributed by atoms with Crippen LogP contribution in [-0.4, -0.2) is 45.6 Å². The van der Waals surface area contributed by atoms with E-state index in [1.165, 1.54) is 4.31 Å². The van der Waals surface area contributed by atoms with Crippen LogP contribution in [0.3, 0.4) is 0 Å². The molecule has 0 radical (unpaired) electrons. The van der Waals surface area contributed by atoms with Crippen LogP contribution in [0.25, 0.3) is 0 Å². The van der Waals surface area contributed by atoms with E-state index in [9.17, 15) is 8.42 Å². The minimum atomic E-state index is -3.50. The molecule has 1 saturated heterocycles. The molecule has 0 N–H and O–H groups in total. The van der Waals surface area contributed by atoms with Crippen LogP contribution in [0, 0.1) is 0 Å². The zero-order valence-corrected chi connectivity index (χ0v) is 13.9. The summed E-state index contributed by atoms with van der Waals surface area (Å²) in [7, 11) is -1.95. The molecule has 20 heavy (non-hydrogen) atoms. The Bertz CT molecular complexity index is 576. The summed E-state index contributed by atoms with van der Waals surface area (Å²) in [6.45, 7) is 3.35. The fourth-order valence-electron chi connectivity index (χ4n) is 2.13. The zero-order valence-electron chi connectivity index (χ0n) is 11.5. The predicted molar refractivity (Wildman–Crippen MR) is 79.5 cm³/mol. The molecular formula is C13H18BrNO4S. The van der Waals surface area contributed by atoms with Gasteiger partial charge in [0.2, 0.25) is 10.0 Å². The molecule has 7 heteroatoms. The Labute approximate surface area is 128 Å². The summed E-state index contributed by atoms with van der Waals surface area (Å²) in [6, 6.07) is 4.79. The van der Waals surface area contributed by atoms with Crippen molar-refractivity contribution in [3.8, 4) is 5.75 Å². The summed E-state index contributed by atoms with van der Waals surface area (Å²) in [6.07, 6.45) is 0.620. The van der Waals surface area contributed by atoms with E-state index >= 15 is 0 Å². The molecule has 1 aromatic rings. The van der Waals surface area contributed by atoms with Crippen LogP contribution in [0.4, 0.5) is 0 Å². The van der Waals surface area contributed by atoms with Gasteiger partial charge in [0, 0.05) is 19.7 Å². The van der Waals surface area contributed by atoms with Gasteiger partial charge in [-0.2, -0.15) is 4.31 Å². The highest BCUT2D eigenvalue weighted by Gasteiger charge is 2.28. The minimum absolute atomic E-state index is 0.0889. The van der Waals surface area contributed by atoms with Crippen LogP contribution in [0.5, 0.6) is 5.75 Å². The van der Waals surface area contributed by atoms with Crippen molar-refractivity contribution in [2.24, 2.45) is 0 Å². The molecule has 112 valence electrons. The maximum absolute atomic E-state index is 12.6. The lowest BCUT2D eigenvalue weighted by atomic mass is 10.3. The molecular weight excluding hydrogens is 346 g/mol. The van der Waals surface area contributed by atoms with Gasteiger partial charge >= 0.3 is 0 Å². The van der Waals surface area contributed by atoms with E-state index in [-0.39, 0.29) is 11.0 Å². The van der Waals surface area contributed by atoms with E-state index in [0.717, 1.165) is 0 Å². The normalized spacial score (nSPS) is 21.4. The molecule has 5 nitrogen and oxygen atoms in total. The second-order valence-electron chi connectivity index (χ2n) is 4.69. The van der Waals surface area contributed by atoms with Crippen LogP contribution >= 0.6 is 15.9 Å². The number of methoxy groups -OCH3 is 1. The van der Waals surface area contributed by atoms with Crippen molar-refractivity contribution in [2.75, 3.05) is 26.8 Å². The first-order valence-corrected chi connectivity index (χ1v) is 8.63. The van der Waals surface area contributed by atoms with Crippen molar-refractivity contribution in [1.82, 2.24) is 4.31 Å². The molecule has 0 saturated carbocycles. The average molecular weight is 364 g/mol. The molecule has 1 fully saturated rings. The third-order valence-corrected chi connectivity index (χ3v) is 5.66.